The summed E-state index contributed by atoms with van der Waals surface area (Å²) in [6.07, 6.45) is 8.28. The van der Waals surface area contributed by atoms with Crippen LogP contribution < -0.4 is 16.4 Å². The Morgan fingerprint density at radius 2 is 2.12 bits per heavy atom. The van der Waals surface area contributed by atoms with Gasteiger partial charge in [0.2, 0.25) is 0 Å². The third kappa shape index (κ3) is 5.09. The van der Waals surface area contributed by atoms with Crippen LogP contribution in [0.2, 0.25) is 0 Å². The Hall–Kier alpha value is -2.94. The van der Waals surface area contributed by atoms with E-state index in [2.05, 4.69) is 39.7 Å². The third-order valence-electron chi connectivity index (χ3n) is 5.94. The first-order valence-electron chi connectivity index (χ1n) is 11.5. The van der Waals surface area contributed by atoms with Gasteiger partial charge in [-0.15, -0.1) is 0 Å². The monoisotopic (exact) mass is 440 g/mol. The highest BCUT2D eigenvalue weighted by Gasteiger charge is 2.52. The Morgan fingerprint density at radius 1 is 1.38 bits per heavy atom. The van der Waals surface area contributed by atoms with Crippen molar-refractivity contribution >= 4 is 23.6 Å². The molecular formula is C23H36N8O. The number of carbonyl (C=O) groups excluding carboxylic acids is 1. The molecule has 2 amide bonds. The lowest BCUT2D eigenvalue weighted by molar-refractivity contribution is 0.142. The molecule has 32 heavy (non-hydrogen) atoms. The van der Waals surface area contributed by atoms with Crippen molar-refractivity contribution in [3.63, 3.8) is 0 Å². The summed E-state index contributed by atoms with van der Waals surface area (Å²) < 4.78 is 0. The number of rotatable bonds is 6. The number of aromatic amines is 1. The molecule has 3 heterocycles. The van der Waals surface area contributed by atoms with E-state index >= 15 is 0 Å². The van der Waals surface area contributed by atoms with Gasteiger partial charge in [0, 0.05) is 48.3 Å². The van der Waals surface area contributed by atoms with Crippen LogP contribution in [0.25, 0.3) is 11.4 Å². The summed E-state index contributed by atoms with van der Waals surface area (Å²) in [6, 6.07) is 1.94. The summed E-state index contributed by atoms with van der Waals surface area (Å²) in [5.74, 6) is 0.467. The molecular weight excluding hydrogens is 404 g/mol. The molecule has 2 fully saturated rings. The number of carbonyl (C=O) groups is 1. The van der Waals surface area contributed by atoms with Crippen LogP contribution in [0.4, 0.5) is 16.2 Å². The lowest BCUT2D eigenvalue weighted by Gasteiger charge is -2.38. The van der Waals surface area contributed by atoms with Crippen molar-refractivity contribution in [1.29, 1.82) is 5.41 Å². The zero-order valence-electron chi connectivity index (χ0n) is 19.5. The molecule has 2 aliphatic rings. The predicted molar refractivity (Wildman–Crippen MR) is 129 cm³/mol. The van der Waals surface area contributed by atoms with Crippen LogP contribution >= 0.6 is 0 Å². The van der Waals surface area contributed by atoms with Gasteiger partial charge in [-0.05, 0) is 37.7 Å². The lowest BCUT2D eigenvalue weighted by Crippen LogP contribution is -2.52. The molecule has 9 nitrogen and oxygen atoms in total. The summed E-state index contributed by atoms with van der Waals surface area (Å²) in [7, 11) is 0. The van der Waals surface area contributed by atoms with E-state index < -0.39 is 0 Å². The van der Waals surface area contributed by atoms with Crippen molar-refractivity contribution in [3.8, 4) is 11.4 Å². The van der Waals surface area contributed by atoms with E-state index in [0.29, 0.717) is 35.1 Å². The van der Waals surface area contributed by atoms with Crippen molar-refractivity contribution in [1.82, 2.24) is 20.1 Å². The minimum atomic E-state index is -0.115. The molecule has 174 valence electrons. The molecule has 1 aliphatic heterocycles. The number of nitrogens with one attached hydrogen (secondary N) is 4. The van der Waals surface area contributed by atoms with Crippen LogP contribution in [0, 0.1) is 11.3 Å². The first kappa shape index (κ1) is 23.7. The fourth-order valence-corrected chi connectivity index (χ4v) is 4.11. The van der Waals surface area contributed by atoms with E-state index in [9.17, 15) is 4.79 Å². The summed E-state index contributed by atoms with van der Waals surface area (Å²) >= 11 is 0. The number of pyridine rings is 1. The van der Waals surface area contributed by atoms with Crippen LogP contribution in [0.3, 0.4) is 0 Å². The second-order valence-corrected chi connectivity index (χ2v) is 8.79. The molecule has 4 rings (SSSR count). The number of hydrogen-bond acceptors (Lipinski definition) is 6. The van der Waals surface area contributed by atoms with E-state index in [1.165, 1.54) is 6.21 Å². The second kappa shape index (κ2) is 10.1. The second-order valence-electron chi connectivity index (χ2n) is 8.79. The molecule has 1 spiro atoms. The topological polar surface area (TPSA) is 136 Å². The Kier molecular flexibility index (Phi) is 7.50. The van der Waals surface area contributed by atoms with Gasteiger partial charge in [-0.1, -0.05) is 27.7 Å². The molecule has 9 heteroatoms. The number of aromatic nitrogens is 3. The van der Waals surface area contributed by atoms with Crippen LogP contribution in [-0.4, -0.2) is 57.0 Å². The summed E-state index contributed by atoms with van der Waals surface area (Å²) in [4.78, 5) is 19.4. The number of piperidine rings is 1. The highest BCUT2D eigenvalue weighted by molar-refractivity contribution is 5.94. The quantitative estimate of drug-likeness (QED) is 0.432. The number of nitrogens with two attached hydrogens (primary N) is 1. The molecule has 1 saturated heterocycles. The van der Waals surface area contributed by atoms with Crippen molar-refractivity contribution < 1.29 is 4.79 Å². The van der Waals surface area contributed by atoms with Gasteiger partial charge in [-0.3, -0.25) is 10.1 Å². The first-order valence-corrected chi connectivity index (χ1v) is 11.5. The van der Waals surface area contributed by atoms with Gasteiger partial charge in [-0.25, -0.2) is 4.79 Å². The Labute approximate surface area is 190 Å². The van der Waals surface area contributed by atoms with E-state index in [0.717, 1.165) is 37.9 Å². The van der Waals surface area contributed by atoms with Gasteiger partial charge in [0.25, 0.3) is 0 Å². The number of nitrogens with zero attached hydrogens (tertiary/aromatic N) is 3. The smallest absolute Gasteiger partial charge is 0.322 e. The van der Waals surface area contributed by atoms with Crippen LogP contribution in [0.15, 0.2) is 18.5 Å². The van der Waals surface area contributed by atoms with E-state index in [4.69, 9.17) is 11.1 Å². The fraction of sp³-hybridized carbons (Fsp3) is 0.565. The van der Waals surface area contributed by atoms with Crippen molar-refractivity contribution in [3.05, 3.63) is 24.0 Å². The zero-order chi connectivity index (χ0) is 23.3. The van der Waals surface area contributed by atoms with E-state index in [1.54, 1.807) is 12.4 Å². The zero-order valence-corrected chi connectivity index (χ0v) is 19.5. The maximum absolute atomic E-state index is 13.0. The van der Waals surface area contributed by atoms with Crippen molar-refractivity contribution in [2.45, 2.75) is 65.0 Å². The van der Waals surface area contributed by atoms with Crippen LogP contribution in [-0.2, 0) is 0 Å². The molecule has 1 aliphatic carbocycles. The van der Waals surface area contributed by atoms with Gasteiger partial charge in [0.1, 0.15) is 5.69 Å². The molecule has 0 aromatic carbocycles. The molecule has 1 unspecified atom stereocenters. The predicted octanol–water partition coefficient (Wildman–Crippen LogP) is 4.05. The highest BCUT2D eigenvalue weighted by Crippen LogP contribution is 2.48. The lowest BCUT2D eigenvalue weighted by atomic mass is 9.96. The summed E-state index contributed by atoms with van der Waals surface area (Å²) in [6.45, 7) is 9.72. The Bertz CT molecular complexity index is 934. The number of H-pyrrole nitrogens is 1. The Balaban J connectivity index is 0.00000141. The molecule has 0 bridgehead atoms. The molecule has 1 saturated carbocycles. The molecule has 6 N–H and O–H groups in total. The van der Waals surface area contributed by atoms with E-state index in [-0.39, 0.29) is 17.6 Å². The number of likely N-dealkylation sites (tertiary alicyclic amines) is 1. The van der Waals surface area contributed by atoms with Crippen LogP contribution in [0.5, 0.6) is 0 Å². The minimum Gasteiger partial charge on any atom is -0.384 e. The minimum absolute atomic E-state index is 0.0660. The third-order valence-corrected chi connectivity index (χ3v) is 5.94. The Morgan fingerprint density at radius 3 is 2.78 bits per heavy atom. The summed E-state index contributed by atoms with van der Waals surface area (Å²) in [5, 5.41) is 21.1. The molecule has 2 aromatic heterocycles. The maximum Gasteiger partial charge on any atom is 0.322 e. The number of hydrogen-bond donors (Lipinski definition) is 5. The molecule has 2 aromatic rings. The van der Waals surface area contributed by atoms with Gasteiger partial charge >= 0.3 is 6.03 Å². The first-order chi connectivity index (χ1) is 15.4. The van der Waals surface area contributed by atoms with Gasteiger partial charge in [0.15, 0.2) is 0 Å². The highest BCUT2D eigenvalue weighted by atomic mass is 16.2. The molecule has 1 atom stereocenters. The average molecular weight is 441 g/mol. The fourth-order valence-electron chi connectivity index (χ4n) is 4.11. The average Bonchev–Trinajstić information content (AvgIpc) is 3.38. The van der Waals surface area contributed by atoms with Crippen molar-refractivity contribution in [2.75, 3.05) is 23.7 Å². The summed E-state index contributed by atoms with van der Waals surface area (Å²) in [5.41, 5.74) is 9.50. The van der Waals surface area contributed by atoms with Crippen LogP contribution in [0.1, 0.15) is 58.9 Å². The standard InChI is InChI=1S/C21H30N8O.C2H6/c1-13(2)10-24-16-7-17(25-11-14(16)9-22)19-18(12-26-28-19)27-20(30)29-6-3-15(23)8-21(29)4-5-21;1-2/h7,9,11-13,15,22H,3-6,8,10,23H2,1-2H3,(H,24,25)(H,26,28)(H,27,30);1-2H3. The van der Waals surface area contributed by atoms with Gasteiger partial charge in [0.05, 0.1) is 17.6 Å². The van der Waals surface area contributed by atoms with Gasteiger partial charge < -0.3 is 26.7 Å². The maximum atomic E-state index is 13.0. The number of urea groups is 1. The molecule has 0 radical (unpaired) electrons. The number of anilines is 2. The van der Waals surface area contributed by atoms with E-state index in [1.807, 2.05) is 24.8 Å². The van der Waals surface area contributed by atoms with Crippen molar-refractivity contribution in [2.24, 2.45) is 11.7 Å². The van der Waals surface area contributed by atoms with Gasteiger partial charge in [-0.2, -0.15) is 5.10 Å². The normalized spacial score (nSPS) is 18.7. The number of amides is 2. The SMILES string of the molecule is CC.CC(C)CNc1cc(-c2[nH]ncc2NC(=O)N2CCC(N)CC23CC3)ncc1C=N. The largest absolute Gasteiger partial charge is 0.384 e.